The van der Waals surface area contributed by atoms with Gasteiger partial charge in [-0.2, -0.15) is 0 Å². The summed E-state index contributed by atoms with van der Waals surface area (Å²) in [7, 11) is 0. The van der Waals surface area contributed by atoms with Gasteiger partial charge in [-0.3, -0.25) is 4.99 Å². The van der Waals surface area contributed by atoms with Crippen molar-refractivity contribution in [2.45, 2.75) is 18.8 Å². The second-order valence-corrected chi connectivity index (χ2v) is 14.8. The van der Waals surface area contributed by atoms with E-state index in [2.05, 4.69) is 182 Å². The molecule has 2 aliphatic rings. The molecule has 268 valence electrons. The average Bonchev–Trinajstić information content (AvgIpc) is 3.62. The lowest BCUT2D eigenvalue weighted by Gasteiger charge is -2.18. The molecule has 5 nitrogen and oxygen atoms in total. The number of benzene rings is 7. The topological polar surface area (TPSA) is 63.9 Å². The smallest absolute Gasteiger partial charge is 0.164 e. The van der Waals surface area contributed by atoms with Gasteiger partial charge in [-0.25, -0.2) is 19.9 Å². The molecule has 1 aliphatic heterocycles. The molecule has 0 fully saturated rings. The molecule has 1 atom stereocenters. The molecule has 9 aromatic rings. The van der Waals surface area contributed by atoms with Crippen LogP contribution in [-0.4, -0.2) is 25.6 Å². The van der Waals surface area contributed by atoms with Crippen molar-refractivity contribution >= 4 is 43.8 Å². The second kappa shape index (κ2) is 13.7. The van der Waals surface area contributed by atoms with E-state index < -0.39 is 0 Å². The number of allylic oxidation sites excluding steroid dienone is 4. The van der Waals surface area contributed by atoms with Crippen molar-refractivity contribution < 1.29 is 0 Å². The first-order valence-electron chi connectivity index (χ1n) is 19.5. The normalized spacial score (nSPS) is 14.7. The molecule has 0 bridgehead atoms. The molecule has 0 spiro atoms. The number of pyridine rings is 1. The van der Waals surface area contributed by atoms with Gasteiger partial charge < -0.3 is 0 Å². The van der Waals surface area contributed by atoms with E-state index in [0.29, 0.717) is 17.5 Å². The standard InChI is InChI=1S/C52H35N5/c1-2-4-20-45-43(18-3-1)47-48(53-46-21-10-9-19-44(46)49(47)54-45)40-17-11-16-39(30-40)35-22-26-36(27-23-35)50-55-51(41-28-24-33-12-5-7-14-37(33)31-41)57-52(56-50)42-29-25-34-13-6-8-15-38(34)32-42/h1-2,4-17,19-32,43H,3,18H2. The minimum Gasteiger partial charge on any atom is -0.252 e. The van der Waals surface area contributed by atoms with Gasteiger partial charge in [-0.05, 0) is 75.9 Å². The van der Waals surface area contributed by atoms with Crippen LogP contribution in [0.3, 0.4) is 0 Å². The third kappa shape index (κ3) is 6.01. The highest BCUT2D eigenvalue weighted by Gasteiger charge is 2.31. The van der Waals surface area contributed by atoms with E-state index in [9.17, 15) is 0 Å². The monoisotopic (exact) mass is 729 g/mol. The summed E-state index contributed by atoms with van der Waals surface area (Å²) < 4.78 is 0. The zero-order chi connectivity index (χ0) is 37.7. The van der Waals surface area contributed by atoms with Gasteiger partial charge in [0.15, 0.2) is 17.5 Å². The molecule has 2 aromatic heterocycles. The van der Waals surface area contributed by atoms with Gasteiger partial charge in [-0.1, -0.05) is 152 Å². The van der Waals surface area contributed by atoms with Gasteiger partial charge in [0.05, 0.1) is 16.9 Å². The van der Waals surface area contributed by atoms with Crippen molar-refractivity contribution in [2.75, 3.05) is 0 Å². The summed E-state index contributed by atoms with van der Waals surface area (Å²) in [6.07, 6.45) is 10.7. The third-order valence-electron chi connectivity index (χ3n) is 11.2. The first-order valence-corrected chi connectivity index (χ1v) is 19.5. The first kappa shape index (κ1) is 33.0. The Morgan fingerprint density at radius 3 is 1.75 bits per heavy atom. The number of aliphatic imine (C=N–C) groups is 1. The molecule has 0 saturated carbocycles. The molecule has 0 N–H and O–H groups in total. The highest BCUT2D eigenvalue weighted by molar-refractivity contribution is 6.12. The summed E-state index contributed by atoms with van der Waals surface area (Å²) in [5.74, 6) is 2.12. The van der Waals surface area contributed by atoms with Crippen molar-refractivity contribution in [1.82, 2.24) is 19.9 Å². The van der Waals surface area contributed by atoms with Crippen LogP contribution in [0.2, 0.25) is 0 Å². The maximum Gasteiger partial charge on any atom is 0.164 e. The van der Waals surface area contributed by atoms with Crippen LogP contribution in [0, 0.1) is 0 Å². The predicted octanol–water partition coefficient (Wildman–Crippen LogP) is 13.1. The summed E-state index contributed by atoms with van der Waals surface area (Å²) in [6.45, 7) is 0. The summed E-state index contributed by atoms with van der Waals surface area (Å²) >= 11 is 0. The van der Waals surface area contributed by atoms with Gasteiger partial charge in [0.25, 0.3) is 0 Å². The SMILES string of the molecule is C1=CCCC2C(=Nc3c2c(-c2cccc(-c4ccc(-c5nc(-c6ccc7ccccc7c6)nc(-c6ccc7ccccc7c6)n5)cc4)c2)nc2ccccc32)C=C1. The summed E-state index contributed by atoms with van der Waals surface area (Å²) in [6, 6.07) is 55.2. The van der Waals surface area contributed by atoms with Crippen molar-refractivity contribution in [3.8, 4) is 56.5 Å². The lowest BCUT2D eigenvalue weighted by molar-refractivity contribution is 0.795. The number of nitrogens with zero attached hydrogens (tertiary/aromatic N) is 5. The van der Waals surface area contributed by atoms with Gasteiger partial charge in [0, 0.05) is 44.8 Å². The minimum absolute atomic E-state index is 0.204. The van der Waals surface area contributed by atoms with Crippen LogP contribution in [0.25, 0.3) is 89.0 Å². The molecule has 1 unspecified atom stereocenters. The van der Waals surface area contributed by atoms with Crippen LogP contribution in [0.4, 0.5) is 5.69 Å². The van der Waals surface area contributed by atoms with E-state index >= 15 is 0 Å². The Hall–Kier alpha value is -7.37. The maximum absolute atomic E-state index is 5.31. The van der Waals surface area contributed by atoms with Crippen LogP contribution in [0.1, 0.15) is 24.3 Å². The Kier molecular flexibility index (Phi) is 7.95. The fraction of sp³-hybridized carbons (Fsp3) is 0.0577. The predicted molar refractivity (Wildman–Crippen MR) is 235 cm³/mol. The largest absolute Gasteiger partial charge is 0.252 e. The molecule has 0 saturated heterocycles. The molecule has 3 heterocycles. The number of rotatable bonds is 5. The highest BCUT2D eigenvalue weighted by atomic mass is 15.0. The van der Waals surface area contributed by atoms with E-state index in [4.69, 9.17) is 24.9 Å². The Balaban J connectivity index is 0.985. The zero-order valence-electron chi connectivity index (χ0n) is 31.0. The second-order valence-electron chi connectivity index (χ2n) is 14.8. The lowest BCUT2D eigenvalue weighted by atomic mass is 9.86. The Morgan fingerprint density at radius 2 is 1.04 bits per heavy atom. The number of hydrogen-bond acceptors (Lipinski definition) is 5. The van der Waals surface area contributed by atoms with Gasteiger partial charge >= 0.3 is 0 Å². The van der Waals surface area contributed by atoms with Crippen molar-refractivity contribution in [1.29, 1.82) is 0 Å². The van der Waals surface area contributed by atoms with E-state index in [0.717, 1.165) is 85.0 Å². The number of fused-ring (bicyclic) bond motifs is 7. The fourth-order valence-corrected chi connectivity index (χ4v) is 8.35. The van der Waals surface area contributed by atoms with Crippen molar-refractivity contribution in [2.24, 2.45) is 4.99 Å². The van der Waals surface area contributed by atoms with E-state index in [1.165, 1.54) is 16.3 Å². The molecular weight excluding hydrogens is 695 g/mol. The van der Waals surface area contributed by atoms with Crippen LogP contribution in [0.15, 0.2) is 187 Å². The van der Waals surface area contributed by atoms with Gasteiger partial charge in [-0.15, -0.1) is 0 Å². The van der Waals surface area contributed by atoms with E-state index in [1.807, 2.05) is 0 Å². The highest BCUT2D eigenvalue weighted by Crippen LogP contribution is 2.48. The number of aromatic nitrogens is 4. The van der Waals surface area contributed by atoms with Gasteiger partial charge in [0.1, 0.15) is 0 Å². The Labute approximate surface area is 330 Å². The first-order chi connectivity index (χ1) is 28.2. The molecule has 1 aliphatic carbocycles. The van der Waals surface area contributed by atoms with E-state index in [1.54, 1.807) is 0 Å². The molecule has 5 heteroatoms. The molecule has 0 radical (unpaired) electrons. The summed E-state index contributed by atoms with van der Waals surface area (Å²) in [5, 5.41) is 5.75. The number of hydrogen-bond donors (Lipinski definition) is 0. The zero-order valence-corrected chi connectivity index (χ0v) is 31.0. The van der Waals surface area contributed by atoms with E-state index in [-0.39, 0.29) is 5.92 Å². The Morgan fingerprint density at radius 1 is 0.439 bits per heavy atom. The molecular formula is C52H35N5. The van der Waals surface area contributed by atoms with Gasteiger partial charge in [0.2, 0.25) is 0 Å². The quantitative estimate of drug-likeness (QED) is 0.177. The summed E-state index contributed by atoms with van der Waals surface area (Å²) in [4.78, 5) is 25.7. The van der Waals surface area contributed by atoms with Crippen molar-refractivity contribution in [3.63, 3.8) is 0 Å². The molecule has 11 rings (SSSR count). The fourth-order valence-electron chi connectivity index (χ4n) is 8.35. The summed E-state index contributed by atoms with van der Waals surface area (Å²) in [5.41, 5.74) is 11.5. The lowest BCUT2D eigenvalue weighted by Crippen LogP contribution is -2.08. The van der Waals surface area contributed by atoms with Crippen molar-refractivity contribution in [3.05, 3.63) is 188 Å². The van der Waals surface area contributed by atoms with Crippen LogP contribution in [-0.2, 0) is 0 Å². The molecule has 7 aromatic carbocycles. The third-order valence-corrected chi connectivity index (χ3v) is 11.2. The Bertz CT molecular complexity index is 3040. The average molecular weight is 730 g/mol. The molecule has 0 amide bonds. The van der Waals surface area contributed by atoms with Crippen LogP contribution in [0.5, 0.6) is 0 Å². The minimum atomic E-state index is 0.204. The van der Waals surface area contributed by atoms with Crippen LogP contribution < -0.4 is 0 Å². The number of para-hydroxylation sites is 1. The maximum atomic E-state index is 5.31. The molecule has 57 heavy (non-hydrogen) atoms. The van der Waals surface area contributed by atoms with Crippen LogP contribution >= 0.6 is 0 Å².